The first-order valence-electron chi connectivity index (χ1n) is 7.03. The number of aromatic nitrogens is 3. The second kappa shape index (κ2) is 5.54. The molecule has 3 heterocycles. The van der Waals surface area contributed by atoms with E-state index in [0.29, 0.717) is 11.5 Å². The maximum Gasteiger partial charge on any atom is 0.254 e. The average molecular weight is 270 g/mol. The molecule has 1 aliphatic heterocycles. The van der Waals surface area contributed by atoms with Gasteiger partial charge in [0.25, 0.3) is 5.56 Å². The molecule has 0 bridgehead atoms. The van der Waals surface area contributed by atoms with E-state index in [-0.39, 0.29) is 5.56 Å². The van der Waals surface area contributed by atoms with Gasteiger partial charge in [0, 0.05) is 24.8 Å². The van der Waals surface area contributed by atoms with Crippen LogP contribution in [0, 0.1) is 0 Å². The zero-order valence-electron chi connectivity index (χ0n) is 11.6. The predicted molar refractivity (Wildman–Crippen MR) is 77.4 cm³/mol. The van der Waals surface area contributed by atoms with Gasteiger partial charge in [0.05, 0.1) is 5.69 Å². The lowest BCUT2D eigenvalue weighted by Gasteiger charge is -2.27. The molecule has 1 N–H and O–H groups in total. The Bertz CT molecular complexity index is 651. The number of pyridine rings is 1. The molecule has 0 unspecified atom stereocenters. The molecular formula is C15H18N4O. The van der Waals surface area contributed by atoms with E-state index in [1.54, 1.807) is 6.20 Å². The molecule has 0 aliphatic carbocycles. The molecule has 104 valence electrons. The second-order valence-corrected chi connectivity index (χ2v) is 5.08. The van der Waals surface area contributed by atoms with E-state index in [4.69, 9.17) is 0 Å². The summed E-state index contributed by atoms with van der Waals surface area (Å²) < 4.78 is 0. The summed E-state index contributed by atoms with van der Waals surface area (Å²) >= 11 is 0. The van der Waals surface area contributed by atoms with Crippen LogP contribution in [0.2, 0.25) is 0 Å². The van der Waals surface area contributed by atoms with Crippen molar-refractivity contribution in [3.8, 4) is 11.5 Å². The highest BCUT2D eigenvalue weighted by atomic mass is 16.1. The number of fused-ring (bicyclic) bond motifs is 1. The molecule has 0 fully saturated rings. The van der Waals surface area contributed by atoms with Crippen molar-refractivity contribution < 1.29 is 0 Å². The third-order valence-corrected chi connectivity index (χ3v) is 3.60. The summed E-state index contributed by atoms with van der Waals surface area (Å²) in [6.45, 7) is 4.91. The van der Waals surface area contributed by atoms with Crippen LogP contribution >= 0.6 is 0 Å². The summed E-state index contributed by atoms with van der Waals surface area (Å²) in [5.41, 5.74) is 2.41. The molecule has 0 saturated carbocycles. The van der Waals surface area contributed by atoms with Gasteiger partial charge < -0.3 is 4.98 Å². The van der Waals surface area contributed by atoms with Gasteiger partial charge in [0.2, 0.25) is 0 Å². The van der Waals surface area contributed by atoms with Crippen LogP contribution in [0.1, 0.15) is 24.6 Å². The first-order chi connectivity index (χ1) is 9.78. The summed E-state index contributed by atoms with van der Waals surface area (Å²) in [5, 5.41) is 0. The van der Waals surface area contributed by atoms with Crippen LogP contribution in [0.15, 0.2) is 29.2 Å². The Morgan fingerprint density at radius 2 is 2.30 bits per heavy atom. The Morgan fingerprint density at radius 1 is 1.40 bits per heavy atom. The number of H-pyrrole nitrogens is 1. The van der Waals surface area contributed by atoms with Crippen molar-refractivity contribution in [2.45, 2.75) is 26.3 Å². The van der Waals surface area contributed by atoms with Gasteiger partial charge >= 0.3 is 0 Å². The number of hydrogen-bond donors (Lipinski definition) is 1. The van der Waals surface area contributed by atoms with Crippen LogP contribution in [-0.4, -0.2) is 32.9 Å². The fourth-order valence-electron chi connectivity index (χ4n) is 2.63. The lowest BCUT2D eigenvalue weighted by molar-refractivity contribution is 0.250. The van der Waals surface area contributed by atoms with Gasteiger partial charge in [-0.3, -0.25) is 14.7 Å². The highest BCUT2D eigenvalue weighted by Crippen LogP contribution is 2.17. The summed E-state index contributed by atoms with van der Waals surface area (Å²) in [5.74, 6) is 0.563. The normalized spacial score (nSPS) is 15.1. The highest BCUT2D eigenvalue weighted by molar-refractivity contribution is 5.49. The van der Waals surface area contributed by atoms with Crippen molar-refractivity contribution in [1.82, 2.24) is 19.9 Å². The standard InChI is InChI=1S/C15H18N4O/c1-2-8-19-9-6-11-13(10-19)17-14(18-15(11)20)12-5-3-4-7-16-12/h3-5,7H,2,6,8-10H2,1H3,(H,17,18,20). The SMILES string of the molecule is CCCN1CCc2c(nc(-c3ccccn3)[nH]c2=O)C1. The van der Waals surface area contributed by atoms with Crippen LogP contribution in [0.25, 0.3) is 11.5 Å². The molecule has 2 aromatic heterocycles. The topological polar surface area (TPSA) is 61.9 Å². The molecule has 3 rings (SSSR count). The van der Waals surface area contributed by atoms with E-state index in [0.717, 1.165) is 43.7 Å². The van der Waals surface area contributed by atoms with E-state index in [9.17, 15) is 4.79 Å². The fraction of sp³-hybridized carbons (Fsp3) is 0.400. The third-order valence-electron chi connectivity index (χ3n) is 3.60. The van der Waals surface area contributed by atoms with Gasteiger partial charge in [0.15, 0.2) is 5.82 Å². The molecule has 5 nitrogen and oxygen atoms in total. The van der Waals surface area contributed by atoms with Gasteiger partial charge in [-0.1, -0.05) is 13.0 Å². The highest BCUT2D eigenvalue weighted by Gasteiger charge is 2.20. The summed E-state index contributed by atoms with van der Waals surface area (Å²) in [6, 6.07) is 5.60. The van der Waals surface area contributed by atoms with Gasteiger partial charge in [-0.05, 0) is 31.5 Å². The van der Waals surface area contributed by atoms with Gasteiger partial charge in [-0.25, -0.2) is 4.98 Å². The van der Waals surface area contributed by atoms with E-state index in [1.165, 1.54) is 0 Å². The smallest absolute Gasteiger partial charge is 0.254 e. The van der Waals surface area contributed by atoms with Crippen molar-refractivity contribution in [1.29, 1.82) is 0 Å². The van der Waals surface area contributed by atoms with Crippen LogP contribution in [0.3, 0.4) is 0 Å². The fourth-order valence-corrected chi connectivity index (χ4v) is 2.63. The third kappa shape index (κ3) is 2.49. The van der Waals surface area contributed by atoms with Gasteiger partial charge in [-0.2, -0.15) is 0 Å². The molecule has 0 spiro atoms. The Hall–Kier alpha value is -2.01. The quantitative estimate of drug-likeness (QED) is 0.920. The van der Waals surface area contributed by atoms with Crippen molar-refractivity contribution in [3.05, 3.63) is 46.0 Å². The Morgan fingerprint density at radius 3 is 3.05 bits per heavy atom. The summed E-state index contributed by atoms with van der Waals surface area (Å²) in [6.07, 6.45) is 3.60. The predicted octanol–water partition coefficient (Wildman–Crippen LogP) is 1.60. The molecule has 5 heteroatoms. The number of nitrogens with one attached hydrogen (secondary N) is 1. The molecular weight excluding hydrogens is 252 g/mol. The largest absolute Gasteiger partial charge is 0.305 e. The second-order valence-electron chi connectivity index (χ2n) is 5.08. The molecule has 0 amide bonds. The van der Waals surface area contributed by atoms with E-state index in [2.05, 4.69) is 26.8 Å². The Balaban J connectivity index is 1.99. The average Bonchev–Trinajstić information content (AvgIpc) is 2.48. The van der Waals surface area contributed by atoms with Gasteiger partial charge in [-0.15, -0.1) is 0 Å². The van der Waals surface area contributed by atoms with Crippen LogP contribution in [0.4, 0.5) is 0 Å². The lowest BCUT2D eigenvalue weighted by Crippen LogP contribution is -2.35. The number of rotatable bonds is 3. The lowest BCUT2D eigenvalue weighted by atomic mass is 10.1. The van der Waals surface area contributed by atoms with Crippen LogP contribution in [0.5, 0.6) is 0 Å². The van der Waals surface area contributed by atoms with Crippen molar-refractivity contribution in [2.24, 2.45) is 0 Å². The minimum atomic E-state index is -0.0215. The maximum absolute atomic E-state index is 12.2. The first-order valence-corrected chi connectivity index (χ1v) is 7.03. The summed E-state index contributed by atoms with van der Waals surface area (Å²) in [4.78, 5) is 26.2. The zero-order chi connectivity index (χ0) is 13.9. The molecule has 0 aromatic carbocycles. The molecule has 0 radical (unpaired) electrons. The molecule has 0 atom stereocenters. The molecule has 2 aromatic rings. The number of nitrogens with zero attached hydrogens (tertiary/aromatic N) is 3. The zero-order valence-corrected chi connectivity index (χ0v) is 11.6. The molecule has 0 saturated heterocycles. The Labute approximate surface area is 117 Å². The van der Waals surface area contributed by atoms with E-state index < -0.39 is 0 Å². The number of aromatic amines is 1. The maximum atomic E-state index is 12.2. The van der Waals surface area contributed by atoms with Crippen molar-refractivity contribution in [3.63, 3.8) is 0 Å². The minimum absolute atomic E-state index is 0.0215. The summed E-state index contributed by atoms with van der Waals surface area (Å²) in [7, 11) is 0. The molecule has 1 aliphatic rings. The Kier molecular flexibility index (Phi) is 3.60. The molecule has 20 heavy (non-hydrogen) atoms. The van der Waals surface area contributed by atoms with Crippen molar-refractivity contribution >= 4 is 0 Å². The van der Waals surface area contributed by atoms with Crippen molar-refractivity contribution in [2.75, 3.05) is 13.1 Å². The minimum Gasteiger partial charge on any atom is -0.305 e. The van der Waals surface area contributed by atoms with Gasteiger partial charge in [0.1, 0.15) is 5.69 Å². The number of hydrogen-bond acceptors (Lipinski definition) is 4. The van der Waals surface area contributed by atoms with E-state index in [1.807, 2.05) is 18.2 Å². The first kappa shape index (κ1) is 13.0. The van der Waals surface area contributed by atoms with Crippen LogP contribution < -0.4 is 5.56 Å². The van der Waals surface area contributed by atoms with Crippen LogP contribution in [-0.2, 0) is 13.0 Å². The van der Waals surface area contributed by atoms with E-state index >= 15 is 0 Å². The monoisotopic (exact) mass is 270 g/mol.